The summed E-state index contributed by atoms with van der Waals surface area (Å²) >= 11 is 7.53. The van der Waals surface area contributed by atoms with Crippen LogP contribution in [0.3, 0.4) is 0 Å². The molecule has 2 rings (SSSR count). The fourth-order valence-corrected chi connectivity index (χ4v) is 4.40. The molecule has 90 valence electrons. The molecule has 0 bridgehead atoms. The van der Waals surface area contributed by atoms with Gasteiger partial charge in [0.25, 0.3) is 0 Å². The van der Waals surface area contributed by atoms with Crippen LogP contribution >= 0.6 is 31.9 Å². The molecule has 0 aromatic rings. The molecule has 2 aliphatic carbocycles. The molecule has 16 heavy (non-hydrogen) atoms. The predicted molar refractivity (Wildman–Crippen MR) is 78.2 cm³/mol. The second kappa shape index (κ2) is 5.39. The number of rotatable bonds is 1. The predicted octanol–water partition coefficient (Wildman–Crippen LogP) is 5.58. The summed E-state index contributed by atoms with van der Waals surface area (Å²) in [5.41, 5.74) is 3.20. The minimum absolute atomic E-state index is 0.570. The van der Waals surface area contributed by atoms with Gasteiger partial charge in [0.2, 0.25) is 0 Å². The zero-order valence-corrected chi connectivity index (χ0v) is 13.3. The first-order chi connectivity index (χ1) is 7.58. The third-order valence-corrected chi connectivity index (χ3v) is 6.06. The minimum atomic E-state index is 0.570. The Balaban J connectivity index is 2.08. The third-order valence-electron chi connectivity index (χ3n) is 4.05. The van der Waals surface area contributed by atoms with Crippen molar-refractivity contribution >= 4 is 31.9 Å². The summed E-state index contributed by atoms with van der Waals surface area (Å²) < 4.78 is 1.42. The van der Waals surface area contributed by atoms with Crippen molar-refractivity contribution in [3.8, 4) is 0 Å². The molecule has 0 amide bonds. The average molecular weight is 348 g/mol. The Morgan fingerprint density at radius 2 is 2.12 bits per heavy atom. The van der Waals surface area contributed by atoms with Crippen molar-refractivity contribution < 1.29 is 0 Å². The van der Waals surface area contributed by atoms with E-state index in [1.54, 1.807) is 5.57 Å². The van der Waals surface area contributed by atoms with Crippen molar-refractivity contribution in [3.63, 3.8) is 0 Å². The maximum atomic E-state index is 3.80. The molecule has 0 nitrogen and oxygen atoms in total. The monoisotopic (exact) mass is 346 g/mol. The highest BCUT2D eigenvalue weighted by atomic mass is 79.9. The van der Waals surface area contributed by atoms with Crippen LogP contribution in [-0.2, 0) is 0 Å². The second-order valence-corrected chi connectivity index (χ2v) is 7.41. The molecular formula is C14H20Br2. The topological polar surface area (TPSA) is 0 Å². The van der Waals surface area contributed by atoms with E-state index in [1.165, 1.54) is 42.2 Å². The Bertz CT molecular complexity index is 328. The average Bonchev–Trinajstić information content (AvgIpc) is 2.26. The van der Waals surface area contributed by atoms with E-state index in [0.29, 0.717) is 4.83 Å². The van der Waals surface area contributed by atoms with Crippen LogP contribution in [-0.4, -0.2) is 4.83 Å². The van der Waals surface area contributed by atoms with Crippen LogP contribution in [0.25, 0.3) is 0 Å². The van der Waals surface area contributed by atoms with Gasteiger partial charge in [-0.05, 0) is 60.9 Å². The number of halogens is 2. The van der Waals surface area contributed by atoms with Crippen molar-refractivity contribution in [2.24, 2.45) is 11.8 Å². The fraction of sp³-hybridized carbons (Fsp3) is 0.714. The lowest BCUT2D eigenvalue weighted by Gasteiger charge is -2.31. The summed E-state index contributed by atoms with van der Waals surface area (Å²) in [7, 11) is 0. The van der Waals surface area contributed by atoms with Crippen molar-refractivity contribution in [1.29, 1.82) is 0 Å². The summed E-state index contributed by atoms with van der Waals surface area (Å²) in [4.78, 5) is 0.570. The Kier molecular flexibility index (Phi) is 4.34. The first kappa shape index (κ1) is 12.9. The quantitative estimate of drug-likeness (QED) is 0.429. The molecular weight excluding hydrogens is 328 g/mol. The van der Waals surface area contributed by atoms with Gasteiger partial charge >= 0.3 is 0 Å². The fourth-order valence-electron chi connectivity index (χ4n) is 2.70. The van der Waals surface area contributed by atoms with Crippen molar-refractivity contribution in [2.45, 2.75) is 50.8 Å². The van der Waals surface area contributed by atoms with Gasteiger partial charge in [-0.1, -0.05) is 50.4 Å². The molecule has 0 spiro atoms. The van der Waals surface area contributed by atoms with E-state index >= 15 is 0 Å². The highest BCUT2D eigenvalue weighted by molar-refractivity contribution is 9.12. The van der Waals surface area contributed by atoms with Gasteiger partial charge in [0.05, 0.1) is 0 Å². The first-order valence-corrected chi connectivity index (χ1v) is 7.97. The van der Waals surface area contributed by atoms with Gasteiger partial charge in [0, 0.05) is 4.83 Å². The lowest BCUT2D eigenvalue weighted by molar-refractivity contribution is 0.453. The lowest BCUT2D eigenvalue weighted by Crippen LogP contribution is -2.20. The van der Waals surface area contributed by atoms with E-state index in [2.05, 4.69) is 51.8 Å². The molecule has 2 unspecified atom stereocenters. The summed E-state index contributed by atoms with van der Waals surface area (Å²) in [6.07, 6.45) is 9.01. The lowest BCUT2D eigenvalue weighted by atomic mass is 9.78. The van der Waals surface area contributed by atoms with E-state index in [0.717, 1.165) is 11.8 Å². The van der Waals surface area contributed by atoms with Crippen molar-refractivity contribution in [2.75, 3.05) is 0 Å². The van der Waals surface area contributed by atoms with Gasteiger partial charge < -0.3 is 0 Å². The van der Waals surface area contributed by atoms with E-state index in [1.807, 2.05) is 0 Å². The summed E-state index contributed by atoms with van der Waals surface area (Å²) in [6.45, 7) is 4.60. The van der Waals surface area contributed by atoms with Gasteiger partial charge in [-0.25, -0.2) is 0 Å². The highest BCUT2D eigenvalue weighted by Crippen LogP contribution is 2.42. The Labute approximate surface area is 116 Å². The Morgan fingerprint density at radius 1 is 1.38 bits per heavy atom. The Hall–Kier alpha value is 0.440. The van der Waals surface area contributed by atoms with Crippen LogP contribution in [0.2, 0.25) is 0 Å². The molecule has 0 saturated heterocycles. The number of hydrogen-bond donors (Lipinski definition) is 0. The molecule has 0 radical (unpaired) electrons. The van der Waals surface area contributed by atoms with Gasteiger partial charge in [0.15, 0.2) is 0 Å². The van der Waals surface area contributed by atoms with Gasteiger partial charge in [-0.15, -0.1) is 0 Å². The number of alkyl halides is 1. The summed E-state index contributed by atoms with van der Waals surface area (Å²) in [5, 5.41) is 0. The van der Waals surface area contributed by atoms with Gasteiger partial charge in [-0.3, -0.25) is 0 Å². The zero-order valence-electron chi connectivity index (χ0n) is 10.1. The molecule has 0 heterocycles. The van der Waals surface area contributed by atoms with E-state index in [-0.39, 0.29) is 0 Å². The molecule has 0 aromatic carbocycles. The van der Waals surface area contributed by atoms with Crippen LogP contribution in [0.15, 0.2) is 21.7 Å². The molecule has 2 heteroatoms. The van der Waals surface area contributed by atoms with Crippen molar-refractivity contribution in [3.05, 3.63) is 21.7 Å². The maximum absolute atomic E-state index is 3.80. The largest absolute Gasteiger partial charge is 0.0848 e. The molecule has 2 aliphatic rings. The van der Waals surface area contributed by atoms with Crippen molar-refractivity contribution in [1.82, 2.24) is 0 Å². The third kappa shape index (κ3) is 2.81. The molecule has 0 N–H and O–H groups in total. The van der Waals surface area contributed by atoms with Crippen LogP contribution in [0, 0.1) is 11.8 Å². The molecule has 0 aliphatic heterocycles. The number of allylic oxidation sites excluding steroid dienone is 4. The molecule has 0 fully saturated rings. The molecule has 0 aromatic heterocycles. The maximum Gasteiger partial charge on any atom is 0.0368 e. The van der Waals surface area contributed by atoms with Crippen LogP contribution < -0.4 is 0 Å². The smallest absolute Gasteiger partial charge is 0.0368 e. The molecule has 3 atom stereocenters. The normalized spacial score (nSPS) is 36.2. The zero-order chi connectivity index (χ0) is 11.7. The second-order valence-electron chi connectivity index (χ2n) is 5.35. The summed E-state index contributed by atoms with van der Waals surface area (Å²) in [6, 6.07) is 0. The van der Waals surface area contributed by atoms with E-state index in [9.17, 15) is 0 Å². The summed E-state index contributed by atoms with van der Waals surface area (Å²) in [5.74, 6) is 1.67. The van der Waals surface area contributed by atoms with E-state index < -0.39 is 0 Å². The Morgan fingerprint density at radius 3 is 2.69 bits per heavy atom. The minimum Gasteiger partial charge on any atom is -0.0848 e. The number of hydrogen-bond acceptors (Lipinski definition) is 0. The van der Waals surface area contributed by atoms with Crippen LogP contribution in [0.4, 0.5) is 0 Å². The molecule has 0 saturated carbocycles. The first-order valence-electron chi connectivity index (χ1n) is 6.26. The van der Waals surface area contributed by atoms with Crippen LogP contribution in [0.5, 0.6) is 0 Å². The van der Waals surface area contributed by atoms with Crippen LogP contribution in [0.1, 0.15) is 46.0 Å². The highest BCUT2D eigenvalue weighted by Gasteiger charge is 2.27. The SMILES string of the molecule is CC1=C(Br)C[C@@H](C2=CCC(C)CC2)CC1Br. The van der Waals surface area contributed by atoms with E-state index in [4.69, 9.17) is 0 Å². The van der Waals surface area contributed by atoms with Gasteiger partial charge in [0.1, 0.15) is 0 Å². The standard InChI is InChI=1S/C14H20Br2/c1-9-3-5-11(6-4-9)12-7-13(15)10(2)14(16)8-12/h5,9,12-13H,3-4,6-8H2,1-2H3/t9?,12-,13?/m0/s1. The van der Waals surface area contributed by atoms with Gasteiger partial charge in [-0.2, -0.15) is 0 Å².